The molecule has 66 valence electrons. The lowest BCUT2D eigenvalue weighted by Gasteiger charge is -2.00. The first kappa shape index (κ1) is 7.91. The minimum Gasteiger partial charge on any atom is -0.267 e. The highest BCUT2D eigenvalue weighted by Crippen LogP contribution is 1.97. The van der Waals surface area contributed by atoms with E-state index in [4.69, 9.17) is 0 Å². The lowest BCUT2D eigenvalue weighted by molar-refractivity contribution is 0.668. The van der Waals surface area contributed by atoms with Gasteiger partial charge in [0.15, 0.2) is 0 Å². The second kappa shape index (κ2) is 3.35. The molecule has 4 heteroatoms. The predicted octanol–water partition coefficient (Wildman–Crippen LogP) is 1.03. The summed E-state index contributed by atoms with van der Waals surface area (Å²) in [4.78, 5) is 8.39. The van der Waals surface area contributed by atoms with E-state index in [0.717, 1.165) is 11.4 Å². The average molecular weight is 174 g/mol. The molecule has 0 saturated heterocycles. The minimum atomic E-state index is 0.682. The molecule has 0 spiro atoms. The maximum Gasteiger partial charge on any atom is 0.0847 e. The fourth-order valence-corrected chi connectivity index (χ4v) is 1.15. The highest BCUT2D eigenvalue weighted by Gasteiger charge is 1.96. The molecule has 2 aromatic heterocycles. The summed E-state index contributed by atoms with van der Waals surface area (Å²) in [5, 5.41) is 4.09. The van der Waals surface area contributed by atoms with Gasteiger partial charge in [-0.3, -0.25) is 14.6 Å². The predicted molar refractivity (Wildman–Crippen MR) is 48.1 cm³/mol. The summed E-state index contributed by atoms with van der Waals surface area (Å²) in [7, 11) is 0. The standard InChI is InChI=1S/C9H10N4/c1-8-5-10-6-9(12-8)7-13-4-2-3-11-13/h2-6H,7H2,1H3. The first-order valence-corrected chi connectivity index (χ1v) is 4.09. The van der Waals surface area contributed by atoms with E-state index >= 15 is 0 Å². The summed E-state index contributed by atoms with van der Waals surface area (Å²) in [6, 6.07) is 1.89. The van der Waals surface area contributed by atoms with E-state index in [-0.39, 0.29) is 0 Å². The fourth-order valence-electron chi connectivity index (χ4n) is 1.15. The summed E-state index contributed by atoms with van der Waals surface area (Å²) in [6.45, 7) is 2.61. The molecule has 2 rings (SSSR count). The Balaban J connectivity index is 2.19. The smallest absolute Gasteiger partial charge is 0.0847 e. The van der Waals surface area contributed by atoms with Gasteiger partial charge < -0.3 is 0 Å². The van der Waals surface area contributed by atoms with Gasteiger partial charge in [-0.2, -0.15) is 5.10 Å². The Hall–Kier alpha value is -1.71. The molecule has 0 radical (unpaired) electrons. The van der Waals surface area contributed by atoms with Crippen molar-refractivity contribution >= 4 is 0 Å². The molecule has 0 fully saturated rings. The van der Waals surface area contributed by atoms with E-state index in [1.165, 1.54) is 0 Å². The summed E-state index contributed by atoms with van der Waals surface area (Å²) in [5.74, 6) is 0. The van der Waals surface area contributed by atoms with Crippen molar-refractivity contribution in [1.29, 1.82) is 0 Å². The zero-order valence-corrected chi connectivity index (χ0v) is 7.38. The number of nitrogens with zero attached hydrogens (tertiary/aromatic N) is 4. The molecule has 4 nitrogen and oxygen atoms in total. The summed E-state index contributed by atoms with van der Waals surface area (Å²) < 4.78 is 1.82. The summed E-state index contributed by atoms with van der Waals surface area (Å²) in [5.41, 5.74) is 1.87. The lowest BCUT2D eigenvalue weighted by atomic mass is 10.4. The largest absolute Gasteiger partial charge is 0.267 e. The number of aryl methyl sites for hydroxylation is 1. The van der Waals surface area contributed by atoms with E-state index < -0.39 is 0 Å². The molecular formula is C9H10N4. The number of hydrogen-bond donors (Lipinski definition) is 0. The maximum absolute atomic E-state index is 4.32. The van der Waals surface area contributed by atoms with Crippen LogP contribution < -0.4 is 0 Å². The zero-order chi connectivity index (χ0) is 9.10. The quantitative estimate of drug-likeness (QED) is 0.683. The monoisotopic (exact) mass is 174 g/mol. The van der Waals surface area contributed by atoms with E-state index in [0.29, 0.717) is 6.54 Å². The Morgan fingerprint density at radius 1 is 1.38 bits per heavy atom. The molecular weight excluding hydrogens is 164 g/mol. The molecule has 0 aromatic carbocycles. The molecule has 0 bridgehead atoms. The van der Waals surface area contributed by atoms with Crippen LogP contribution in [-0.4, -0.2) is 19.7 Å². The van der Waals surface area contributed by atoms with Crippen molar-refractivity contribution in [3.8, 4) is 0 Å². The van der Waals surface area contributed by atoms with Crippen molar-refractivity contribution in [1.82, 2.24) is 19.7 Å². The molecule has 0 aliphatic heterocycles. The van der Waals surface area contributed by atoms with Crippen LogP contribution in [0.4, 0.5) is 0 Å². The van der Waals surface area contributed by atoms with Gasteiger partial charge in [0.2, 0.25) is 0 Å². The number of hydrogen-bond acceptors (Lipinski definition) is 3. The van der Waals surface area contributed by atoms with Crippen LogP contribution in [0.1, 0.15) is 11.4 Å². The first-order valence-electron chi connectivity index (χ1n) is 4.09. The average Bonchev–Trinajstić information content (AvgIpc) is 2.57. The van der Waals surface area contributed by atoms with Crippen molar-refractivity contribution in [2.45, 2.75) is 13.5 Å². The zero-order valence-electron chi connectivity index (χ0n) is 7.38. The van der Waals surface area contributed by atoms with Crippen LogP contribution in [0.5, 0.6) is 0 Å². The van der Waals surface area contributed by atoms with Crippen LogP contribution in [0, 0.1) is 6.92 Å². The summed E-state index contributed by atoms with van der Waals surface area (Å²) in [6.07, 6.45) is 7.16. The molecule has 0 atom stereocenters. The Morgan fingerprint density at radius 3 is 3.00 bits per heavy atom. The van der Waals surface area contributed by atoms with Crippen LogP contribution >= 0.6 is 0 Å². The topological polar surface area (TPSA) is 43.6 Å². The first-order chi connectivity index (χ1) is 6.34. The third-order valence-corrected chi connectivity index (χ3v) is 1.69. The van der Waals surface area contributed by atoms with E-state index in [2.05, 4.69) is 15.1 Å². The molecule has 0 N–H and O–H groups in total. The van der Waals surface area contributed by atoms with Crippen molar-refractivity contribution in [3.05, 3.63) is 42.2 Å². The van der Waals surface area contributed by atoms with Gasteiger partial charge in [0, 0.05) is 18.6 Å². The number of aromatic nitrogens is 4. The van der Waals surface area contributed by atoms with Gasteiger partial charge >= 0.3 is 0 Å². The second-order valence-electron chi connectivity index (χ2n) is 2.86. The highest BCUT2D eigenvalue weighted by atomic mass is 15.3. The van der Waals surface area contributed by atoms with E-state index in [1.807, 2.05) is 23.9 Å². The molecule has 0 saturated carbocycles. The molecule has 2 heterocycles. The van der Waals surface area contributed by atoms with Gasteiger partial charge in [-0.1, -0.05) is 0 Å². The molecule has 0 aliphatic carbocycles. The lowest BCUT2D eigenvalue weighted by Crippen LogP contribution is -2.03. The van der Waals surface area contributed by atoms with Crippen molar-refractivity contribution in [2.75, 3.05) is 0 Å². The van der Waals surface area contributed by atoms with Crippen LogP contribution in [0.25, 0.3) is 0 Å². The molecule has 13 heavy (non-hydrogen) atoms. The van der Waals surface area contributed by atoms with Gasteiger partial charge in [0.1, 0.15) is 0 Å². The summed E-state index contributed by atoms with van der Waals surface area (Å²) >= 11 is 0. The van der Waals surface area contributed by atoms with Gasteiger partial charge in [0.25, 0.3) is 0 Å². The van der Waals surface area contributed by atoms with Crippen LogP contribution in [0.15, 0.2) is 30.9 Å². The Labute approximate surface area is 76.3 Å². The van der Waals surface area contributed by atoms with Crippen molar-refractivity contribution in [3.63, 3.8) is 0 Å². The Kier molecular flexibility index (Phi) is 2.04. The minimum absolute atomic E-state index is 0.682. The second-order valence-corrected chi connectivity index (χ2v) is 2.86. The van der Waals surface area contributed by atoms with Gasteiger partial charge in [-0.05, 0) is 13.0 Å². The van der Waals surface area contributed by atoms with Crippen molar-refractivity contribution < 1.29 is 0 Å². The van der Waals surface area contributed by atoms with Gasteiger partial charge in [-0.15, -0.1) is 0 Å². The van der Waals surface area contributed by atoms with Crippen LogP contribution in [0.2, 0.25) is 0 Å². The SMILES string of the molecule is Cc1cncc(Cn2cccn2)n1. The highest BCUT2D eigenvalue weighted by molar-refractivity contribution is 5.01. The van der Waals surface area contributed by atoms with Gasteiger partial charge in [-0.25, -0.2) is 0 Å². The number of rotatable bonds is 2. The Bertz CT molecular complexity index is 380. The molecule has 2 aromatic rings. The van der Waals surface area contributed by atoms with E-state index in [1.54, 1.807) is 18.6 Å². The molecule has 0 amide bonds. The van der Waals surface area contributed by atoms with Crippen LogP contribution in [0.3, 0.4) is 0 Å². The molecule has 0 unspecified atom stereocenters. The maximum atomic E-state index is 4.32. The van der Waals surface area contributed by atoms with Crippen LogP contribution in [-0.2, 0) is 6.54 Å². The third kappa shape index (κ3) is 1.90. The van der Waals surface area contributed by atoms with E-state index in [9.17, 15) is 0 Å². The molecule has 0 aliphatic rings. The third-order valence-electron chi connectivity index (χ3n) is 1.69. The fraction of sp³-hybridized carbons (Fsp3) is 0.222. The normalized spacial score (nSPS) is 10.2. The van der Waals surface area contributed by atoms with Gasteiger partial charge in [0.05, 0.1) is 24.1 Å². The van der Waals surface area contributed by atoms with Crippen molar-refractivity contribution in [2.24, 2.45) is 0 Å². The Morgan fingerprint density at radius 2 is 2.31 bits per heavy atom.